The molecule has 0 aliphatic carbocycles. The van der Waals surface area contributed by atoms with E-state index in [4.69, 9.17) is 4.98 Å². The Morgan fingerprint density at radius 2 is 1.78 bits per heavy atom. The van der Waals surface area contributed by atoms with Gasteiger partial charge in [-0.1, -0.05) is 26.8 Å². The van der Waals surface area contributed by atoms with E-state index in [0.29, 0.717) is 0 Å². The Balaban J connectivity index is 2.90. The Labute approximate surface area is 108 Å². The normalized spacial score (nSPS) is 11.6. The summed E-state index contributed by atoms with van der Waals surface area (Å²) in [5.41, 5.74) is 4.88. The molecule has 0 bridgehead atoms. The number of aromatic nitrogens is 1. The summed E-state index contributed by atoms with van der Waals surface area (Å²) in [7, 11) is 0. The first-order valence-electron chi connectivity index (χ1n) is 6.15. The predicted octanol–water partition coefficient (Wildman–Crippen LogP) is 4.02. The SMILES string of the molecule is Cc1cc(C)c2c(C#N)cc(C(C)(C)C)nc2c1. The van der Waals surface area contributed by atoms with Gasteiger partial charge in [-0.05, 0) is 37.1 Å². The standard InChI is InChI=1S/C16H18N2/c1-10-6-11(2)15-12(9-17)8-14(16(3,4)5)18-13(15)7-10/h6-8H,1-5H3. The van der Waals surface area contributed by atoms with Crippen molar-refractivity contribution in [2.24, 2.45) is 0 Å². The van der Waals surface area contributed by atoms with Crippen molar-refractivity contribution in [3.63, 3.8) is 0 Å². The van der Waals surface area contributed by atoms with Crippen LogP contribution < -0.4 is 0 Å². The second-order valence-electron chi connectivity index (χ2n) is 5.89. The number of nitrogens with zero attached hydrogens (tertiary/aromatic N) is 2. The molecule has 0 saturated heterocycles. The van der Waals surface area contributed by atoms with Crippen LogP contribution >= 0.6 is 0 Å². The molecule has 18 heavy (non-hydrogen) atoms. The molecule has 0 unspecified atom stereocenters. The number of fused-ring (bicyclic) bond motifs is 1. The molecule has 0 fully saturated rings. The zero-order chi connectivity index (χ0) is 13.5. The Bertz CT molecular complexity index is 655. The first kappa shape index (κ1) is 12.6. The van der Waals surface area contributed by atoms with Gasteiger partial charge in [-0.2, -0.15) is 5.26 Å². The summed E-state index contributed by atoms with van der Waals surface area (Å²) < 4.78 is 0. The fraction of sp³-hybridized carbons (Fsp3) is 0.375. The van der Waals surface area contributed by atoms with E-state index in [0.717, 1.165) is 27.7 Å². The van der Waals surface area contributed by atoms with Crippen molar-refractivity contribution in [3.8, 4) is 6.07 Å². The molecule has 2 aromatic rings. The molecule has 2 rings (SSSR count). The molecular formula is C16H18N2. The van der Waals surface area contributed by atoms with E-state index in [1.54, 1.807) is 0 Å². The smallest absolute Gasteiger partial charge is 0.0999 e. The number of benzene rings is 1. The van der Waals surface area contributed by atoms with Crippen LogP contribution in [0.15, 0.2) is 18.2 Å². The van der Waals surface area contributed by atoms with Crippen molar-refractivity contribution >= 4 is 10.9 Å². The summed E-state index contributed by atoms with van der Waals surface area (Å²) in [5.74, 6) is 0. The van der Waals surface area contributed by atoms with Crippen molar-refractivity contribution in [2.75, 3.05) is 0 Å². The summed E-state index contributed by atoms with van der Waals surface area (Å²) in [6.07, 6.45) is 0. The quantitative estimate of drug-likeness (QED) is 0.695. The van der Waals surface area contributed by atoms with Gasteiger partial charge < -0.3 is 0 Å². The minimum atomic E-state index is -0.0442. The minimum Gasteiger partial charge on any atom is -0.252 e. The molecule has 1 aromatic heterocycles. The van der Waals surface area contributed by atoms with E-state index in [2.05, 4.69) is 45.9 Å². The predicted molar refractivity (Wildman–Crippen MR) is 74.6 cm³/mol. The fourth-order valence-corrected chi connectivity index (χ4v) is 2.23. The van der Waals surface area contributed by atoms with Crippen LogP contribution in [0.2, 0.25) is 0 Å². The third-order valence-corrected chi connectivity index (χ3v) is 3.14. The van der Waals surface area contributed by atoms with Crippen LogP contribution in [0.5, 0.6) is 0 Å². The molecule has 2 heteroatoms. The zero-order valence-corrected chi connectivity index (χ0v) is 11.6. The lowest BCUT2D eigenvalue weighted by Crippen LogP contribution is -2.14. The molecule has 0 radical (unpaired) electrons. The van der Waals surface area contributed by atoms with E-state index in [9.17, 15) is 5.26 Å². The Morgan fingerprint density at radius 3 is 2.33 bits per heavy atom. The van der Waals surface area contributed by atoms with Crippen LogP contribution in [0.4, 0.5) is 0 Å². The Kier molecular flexibility index (Phi) is 2.86. The third kappa shape index (κ3) is 2.09. The highest BCUT2D eigenvalue weighted by Gasteiger charge is 2.18. The van der Waals surface area contributed by atoms with Gasteiger partial charge in [0, 0.05) is 16.5 Å². The van der Waals surface area contributed by atoms with Crippen molar-refractivity contribution in [2.45, 2.75) is 40.0 Å². The van der Waals surface area contributed by atoms with Crippen LogP contribution in [-0.4, -0.2) is 4.98 Å². The Morgan fingerprint density at radius 1 is 1.11 bits per heavy atom. The first-order valence-corrected chi connectivity index (χ1v) is 6.15. The molecule has 0 spiro atoms. The van der Waals surface area contributed by atoms with E-state index in [-0.39, 0.29) is 5.41 Å². The second kappa shape index (κ2) is 4.10. The average Bonchev–Trinajstić information content (AvgIpc) is 2.25. The van der Waals surface area contributed by atoms with E-state index < -0.39 is 0 Å². The van der Waals surface area contributed by atoms with Gasteiger partial charge in [-0.3, -0.25) is 4.98 Å². The number of nitriles is 1. The highest BCUT2D eigenvalue weighted by Crippen LogP contribution is 2.28. The van der Waals surface area contributed by atoms with Crippen molar-refractivity contribution in [1.82, 2.24) is 4.98 Å². The molecule has 1 aromatic carbocycles. The van der Waals surface area contributed by atoms with E-state index in [1.807, 2.05) is 13.0 Å². The van der Waals surface area contributed by atoms with Crippen molar-refractivity contribution in [3.05, 3.63) is 40.6 Å². The number of pyridine rings is 1. The summed E-state index contributed by atoms with van der Waals surface area (Å²) in [4.78, 5) is 4.73. The lowest BCUT2D eigenvalue weighted by molar-refractivity contribution is 0.571. The number of aryl methyl sites for hydroxylation is 2. The van der Waals surface area contributed by atoms with E-state index >= 15 is 0 Å². The highest BCUT2D eigenvalue weighted by molar-refractivity contribution is 5.88. The number of hydrogen-bond acceptors (Lipinski definition) is 2. The van der Waals surface area contributed by atoms with Crippen molar-refractivity contribution < 1.29 is 0 Å². The highest BCUT2D eigenvalue weighted by atomic mass is 14.7. The molecule has 2 nitrogen and oxygen atoms in total. The molecular weight excluding hydrogens is 220 g/mol. The maximum absolute atomic E-state index is 9.34. The van der Waals surface area contributed by atoms with Crippen LogP contribution in [0.3, 0.4) is 0 Å². The monoisotopic (exact) mass is 238 g/mol. The summed E-state index contributed by atoms with van der Waals surface area (Å²) in [6, 6.07) is 8.38. The molecule has 0 aliphatic heterocycles. The Hall–Kier alpha value is -1.88. The molecule has 0 atom stereocenters. The minimum absolute atomic E-state index is 0.0442. The average molecular weight is 238 g/mol. The molecule has 0 saturated carbocycles. The third-order valence-electron chi connectivity index (χ3n) is 3.14. The van der Waals surface area contributed by atoms with Gasteiger partial charge in [-0.25, -0.2) is 0 Å². The molecule has 1 heterocycles. The van der Waals surface area contributed by atoms with Gasteiger partial charge in [0.15, 0.2) is 0 Å². The van der Waals surface area contributed by atoms with Crippen molar-refractivity contribution in [1.29, 1.82) is 5.26 Å². The maximum atomic E-state index is 9.34. The number of hydrogen-bond donors (Lipinski definition) is 0. The lowest BCUT2D eigenvalue weighted by Gasteiger charge is -2.19. The van der Waals surface area contributed by atoms with Crippen LogP contribution in [-0.2, 0) is 5.41 Å². The molecule has 0 aliphatic rings. The fourth-order valence-electron chi connectivity index (χ4n) is 2.23. The van der Waals surface area contributed by atoms with E-state index in [1.165, 1.54) is 5.56 Å². The van der Waals surface area contributed by atoms with Crippen LogP contribution in [0.1, 0.15) is 43.2 Å². The zero-order valence-electron chi connectivity index (χ0n) is 11.6. The summed E-state index contributed by atoms with van der Waals surface area (Å²) in [6.45, 7) is 10.4. The lowest BCUT2D eigenvalue weighted by atomic mass is 9.89. The topological polar surface area (TPSA) is 36.7 Å². The largest absolute Gasteiger partial charge is 0.252 e. The van der Waals surface area contributed by atoms with Gasteiger partial charge in [0.1, 0.15) is 0 Å². The maximum Gasteiger partial charge on any atom is 0.0999 e. The summed E-state index contributed by atoms with van der Waals surface area (Å²) in [5, 5.41) is 10.3. The van der Waals surface area contributed by atoms with Gasteiger partial charge in [0.2, 0.25) is 0 Å². The van der Waals surface area contributed by atoms with Gasteiger partial charge >= 0.3 is 0 Å². The molecule has 0 N–H and O–H groups in total. The second-order valence-corrected chi connectivity index (χ2v) is 5.89. The van der Waals surface area contributed by atoms with Gasteiger partial charge in [0.25, 0.3) is 0 Å². The molecule has 92 valence electrons. The number of rotatable bonds is 0. The van der Waals surface area contributed by atoms with Gasteiger partial charge in [0.05, 0.1) is 17.1 Å². The summed E-state index contributed by atoms with van der Waals surface area (Å²) >= 11 is 0. The first-order chi connectivity index (χ1) is 8.32. The van der Waals surface area contributed by atoms with Crippen LogP contribution in [0, 0.1) is 25.2 Å². The van der Waals surface area contributed by atoms with Gasteiger partial charge in [-0.15, -0.1) is 0 Å². The molecule has 0 amide bonds. The van der Waals surface area contributed by atoms with Crippen LogP contribution in [0.25, 0.3) is 10.9 Å².